The van der Waals surface area contributed by atoms with E-state index in [1.54, 1.807) is 13.8 Å². The molecule has 0 saturated heterocycles. The number of ether oxygens (including phenoxy) is 1. The summed E-state index contributed by atoms with van der Waals surface area (Å²) in [4.78, 5) is 23.6. The molecule has 0 amide bonds. The number of nitrogens with zero attached hydrogens (tertiary/aromatic N) is 1. The van der Waals surface area contributed by atoms with Gasteiger partial charge in [0.2, 0.25) is 10.0 Å². The Morgan fingerprint density at radius 2 is 1.85 bits per heavy atom. The smallest absolute Gasteiger partial charge is 0.338 e. The van der Waals surface area contributed by atoms with Gasteiger partial charge in [-0.15, -0.1) is 0 Å². The third kappa shape index (κ3) is 5.48. The second-order valence-electron chi connectivity index (χ2n) is 6.22. The molecule has 9 heteroatoms. The number of carbonyl (C=O) groups is 2. The third-order valence-corrected chi connectivity index (χ3v) is 5.86. The molecule has 0 saturated carbocycles. The first-order valence-corrected chi connectivity index (χ1v) is 9.57. The fourth-order valence-corrected chi connectivity index (χ4v) is 3.61. The van der Waals surface area contributed by atoms with E-state index < -0.39 is 34.1 Å². The Hall–Kier alpha value is -2.52. The van der Waals surface area contributed by atoms with Gasteiger partial charge in [-0.25, -0.2) is 13.2 Å². The van der Waals surface area contributed by atoms with Crippen LogP contribution >= 0.6 is 0 Å². The lowest BCUT2D eigenvalue weighted by Gasteiger charge is -2.21. The molecule has 0 fully saturated rings. The first kappa shape index (κ1) is 22.5. The zero-order valence-corrected chi connectivity index (χ0v) is 16.8. The first-order valence-electron chi connectivity index (χ1n) is 8.13. The number of aliphatic hydroxyl groups excluding tert-OH is 1. The van der Waals surface area contributed by atoms with Gasteiger partial charge in [-0.1, -0.05) is 6.07 Å². The fraction of sp³-hybridized carbons (Fsp3) is 0.389. The van der Waals surface area contributed by atoms with Crippen molar-refractivity contribution in [2.45, 2.75) is 38.6 Å². The lowest BCUT2D eigenvalue weighted by molar-refractivity contribution is -0.113. The highest BCUT2D eigenvalue weighted by Gasteiger charge is 2.24. The molecule has 8 nitrogen and oxygen atoms in total. The molecule has 1 aromatic carbocycles. The zero-order chi connectivity index (χ0) is 20.9. The highest BCUT2D eigenvalue weighted by Crippen LogP contribution is 2.18. The van der Waals surface area contributed by atoms with Gasteiger partial charge in [-0.3, -0.25) is 4.79 Å². The number of hydrogen-bond acceptors (Lipinski definition) is 7. The number of allylic oxidation sites excluding steroid dienone is 1. The summed E-state index contributed by atoms with van der Waals surface area (Å²) in [6.45, 7) is 5.36. The van der Waals surface area contributed by atoms with Crippen molar-refractivity contribution in [3.05, 3.63) is 41.2 Å². The van der Waals surface area contributed by atoms with Gasteiger partial charge in [0.1, 0.15) is 12.4 Å². The van der Waals surface area contributed by atoms with Crippen LogP contribution in [0.4, 0.5) is 0 Å². The zero-order valence-electron chi connectivity index (χ0n) is 15.9. The molecule has 0 spiro atoms. The van der Waals surface area contributed by atoms with Crippen molar-refractivity contribution in [3.63, 3.8) is 0 Å². The largest absolute Gasteiger partial charge is 0.508 e. The normalized spacial score (nSPS) is 12.7. The third-order valence-electron chi connectivity index (χ3n) is 3.83. The molecule has 0 aliphatic carbocycles. The molecule has 0 bridgehead atoms. The molecular formula is C18H24N2O6S. The number of sulfonamides is 1. The van der Waals surface area contributed by atoms with E-state index in [-0.39, 0.29) is 27.8 Å². The van der Waals surface area contributed by atoms with E-state index in [1.165, 1.54) is 49.5 Å². The Labute approximate surface area is 159 Å². The molecule has 1 aromatic rings. The molecule has 1 rings (SSSR count). The number of hydrogen-bond donors (Lipinski definition) is 2. The average molecular weight is 396 g/mol. The molecular weight excluding hydrogens is 372 g/mol. The van der Waals surface area contributed by atoms with E-state index in [0.717, 1.165) is 0 Å². The fourth-order valence-electron chi connectivity index (χ4n) is 2.20. The summed E-state index contributed by atoms with van der Waals surface area (Å²) < 4.78 is 31.2. The molecule has 0 aliphatic rings. The van der Waals surface area contributed by atoms with Gasteiger partial charge < -0.3 is 15.3 Å². The summed E-state index contributed by atoms with van der Waals surface area (Å²) >= 11 is 0. The van der Waals surface area contributed by atoms with Gasteiger partial charge in [-0.2, -0.15) is 4.31 Å². The van der Waals surface area contributed by atoms with Gasteiger partial charge >= 0.3 is 5.97 Å². The van der Waals surface area contributed by atoms with Gasteiger partial charge in [0, 0.05) is 18.8 Å². The van der Waals surface area contributed by atoms with E-state index in [0.29, 0.717) is 0 Å². The van der Waals surface area contributed by atoms with Gasteiger partial charge in [0.05, 0.1) is 16.0 Å². The van der Waals surface area contributed by atoms with Crippen LogP contribution in [0.5, 0.6) is 0 Å². The van der Waals surface area contributed by atoms with Gasteiger partial charge in [0.15, 0.2) is 5.78 Å². The number of rotatable bonds is 8. The molecule has 27 heavy (non-hydrogen) atoms. The van der Waals surface area contributed by atoms with Crippen LogP contribution < -0.4 is 0 Å². The van der Waals surface area contributed by atoms with Crippen LogP contribution in [0.25, 0.3) is 0 Å². The Morgan fingerprint density at radius 1 is 1.26 bits per heavy atom. The van der Waals surface area contributed by atoms with Crippen LogP contribution in [-0.4, -0.2) is 55.0 Å². The summed E-state index contributed by atoms with van der Waals surface area (Å²) in [5.41, 5.74) is -0.393. The van der Waals surface area contributed by atoms with Crippen molar-refractivity contribution in [3.8, 4) is 0 Å². The number of esters is 1. The number of aliphatic hydroxyl groups is 1. The minimum absolute atomic E-state index is 0.0167. The molecule has 2 N–H and O–H groups in total. The van der Waals surface area contributed by atoms with E-state index in [9.17, 15) is 23.1 Å². The molecule has 0 atom stereocenters. The first-order chi connectivity index (χ1) is 12.4. The Bertz CT molecular complexity index is 871. The maximum absolute atomic E-state index is 12.5. The molecule has 0 heterocycles. The summed E-state index contributed by atoms with van der Waals surface area (Å²) in [7, 11) is -2.33. The number of ketones is 1. The van der Waals surface area contributed by atoms with Crippen LogP contribution in [-0.2, 0) is 19.6 Å². The number of nitrogens with one attached hydrogen (secondary N) is 1. The minimum Gasteiger partial charge on any atom is -0.508 e. The topological polar surface area (TPSA) is 125 Å². The Balaban J connectivity index is 3.06. The number of carbonyl (C=O) groups excluding carboxylic acids is 2. The van der Waals surface area contributed by atoms with Crippen molar-refractivity contribution in [2.24, 2.45) is 0 Å². The Morgan fingerprint density at radius 3 is 2.33 bits per heavy atom. The summed E-state index contributed by atoms with van der Waals surface area (Å²) in [6.07, 6.45) is 0. The molecule has 0 unspecified atom stereocenters. The maximum Gasteiger partial charge on any atom is 0.338 e. The standard InChI is InChI=1S/C18H24N2O6S/c1-11(2)20(5)27(24,25)15-8-6-7-14(9-15)18(23)26-10-16(22)17(12(3)19)13(4)21/h6-9,11,19,22H,10H2,1-5H3/b17-16-,19-12?. The average Bonchev–Trinajstić information content (AvgIpc) is 2.58. The highest BCUT2D eigenvalue weighted by atomic mass is 32.2. The summed E-state index contributed by atoms with van der Waals surface area (Å²) in [5, 5.41) is 17.4. The van der Waals surface area contributed by atoms with Crippen LogP contribution in [0, 0.1) is 5.41 Å². The quantitative estimate of drug-likeness (QED) is 0.301. The van der Waals surface area contributed by atoms with Crippen LogP contribution in [0.3, 0.4) is 0 Å². The van der Waals surface area contributed by atoms with E-state index in [4.69, 9.17) is 10.1 Å². The second-order valence-corrected chi connectivity index (χ2v) is 8.22. The number of benzene rings is 1. The van der Waals surface area contributed by atoms with Crippen molar-refractivity contribution in [2.75, 3.05) is 13.7 Å². The summed E-state index contributed by atoms with van der Waals surface area (Å²) in [5.74, 6) is -1.93. The van der Waals surface area contributed by atoms with Crippen LogP contribution in [0.2, 0.25) is 0 Å². The lowest BCUT2D eigenvalue weighted by atomic mass is 10.1. The summed E-state index contributed by atoms with van der Waals surface area (Å²) in [6, 6.07) is 5.09. The van der Waals surface area contributed by atoms with Crippen LogP contribution in [0.1, 0.15) is 38.1 Å². The molecule has 0 aliphatic heterocycles. The van der Waals surface area contributed by atoms with Crippen molar-refractivity contribution in [1.82, 2.24) is 4.31 Å². The predicted octanol–water partition coefficient (Wildman–Crippen LogP) is 2.31. The van der Waals surface area contributed by atoms with E-state index >= 15 is 0 Å². The minimum atomic E-state index is -3.77. The van der Waals surface area contributed by atoms with Gasteiger partial charge in [-0.05, 0) is 45.9 Å². The molecule has 0 radical (unpaired) electrons. The van der Waals surface area contributed by atoms with Crippen molar-refractivity contribution < 1.29 is 27.9 Å². The predicted molar refractivity (Wildman–Crippen MR) is 101 cm³/mol. The van der Waals surface area contributed by atoms with Crippen LogP contribution in [0.15, 0.2) is 40.5 Å². The van der Waals surface area contributed by atoms with E-state index in [2.05, 4.69) is 0 Å². The van der Waals surface area contributed by atoms with Crippen molar-refractivity contribution in [1.29, 1.82) is 5.41 Å². The lowest BCUT2D eigenvalue weighted by Crippen LogP contribution is -2.33. The molecule has 0 aromatic heterocycles. The number of Topliss-reactive ketones (excluding diaryl/α,β-unsaturated/α-hetero) is 1. The van der Waals surface area contributed by atoms with Crippen molar-refractivity contribution >= 4 is 27.5 Å². The SMILES string of the molecule is CC(=N)/C(C(C)=O)=C(/O)COC(=O)c1cccc(S(=O)(=O)N(C)C(C)C)c1. The monoisotopic (exact) mass is 396 g/mol. The van der Waals surface area contributed by atoms with Gasteiger partial charge in [0.25, 0.3) is 0 Å². The Kier molecular flexibility index (Phi) is 7.44. The second kappa shape index (κ2) is 8.92. The molecule has 148 valence electrons. The maximum atomic E-state index is 12.5. The highest BCUT2D eigenvalue weighted by molar-refractivity contribution is 7.89. The van der Waals surface area contributed by atoms with E-state index in [1.807, 2.05) is 0 Å².